The number of carbonyl (C=O) groups excluding carboxylic acids is 2. The second-order valence-electron chi connectivity index (χ2n) is 7.95. The van der Waals surface area contributed by atoms with Crippen LogP contribution in [0, 0.1) is 0 Å². The number of ether oxygens (including phenoxy) is 2. The van der Waals surface area contributed by atoms with Gasteiger partial charge < -0.3 is 14.8 Å². The van der Waals surface area contributed by atoms with Crippen molar-refractivity contribution in [2.45, 2.75) is 58.2 Å². The van der Waals surface area contributed by atoms with E-state index in [0.717, 1.165) is 36.1 Å². The average Bonchev–Trinajstić information content (AvgIpc) is 3.04. The highest BCUT2D eigenvalue weighted by molar-refractivity contribution is 5.90. The number of nitrogens with zero attached hydrogens (tertiary/aromatic N) is 2. The van der Waals surface area contributed by atoms with Crippen LogP contribution in [0.5, 0.6) is 0 Å². The molecule has 28 heavy (non-hydrogen) atoms. The minimum atomic E-state index is -0.554. The van der Waals surface area contributed by atoms with Crippen LogP contribution >= 0.6 is 0 Å². The number of esters is 1. The smallest absolute Gasteiger partial charge is 0.408 e. The molecule has 1 atom stereocenters. The molecule has 3 rings (SSSR count). The van der Waals surface area contributed by atoms with Gasteiger partial charge in [0.05, 0.1) is 37.2 Å². The van der Waals surface area contributed by atoms with Gasteiger partial charge in [0.1, 0.15) is 5.60 Å². The molecule has 2 aromatic rings. The molecule has 1 aromatic heterocycles. The van der Waals surface area contributed by atoms with Gasteiger partial charge in [-0.2, -0.15) is 5.10 Å². The minimum Gasteiger partial charge on any atom is -0.465 e. The molecule has 0 unspecified atom stereocenters. The third-order valence-corrected chi connectivity index (χ3v) is 4.66. The van der Waals surface area contributed by atoms with E-state index in [1.54, 1.807) is 12.1 Å². The molecular weight excluding hydrogens is 358 g/mol. The summed E-state index contributed by atoms with van der Waals surface area (Å²) < 4.78 is 12.2. The third kappa shape index (κ3) is 4.52. The molecule has 1 aliphatic carbocycles. The Morgan fingerprint density at radius 3 is 2.75 bits per heavy atom. The highest BCUT2D eigenvalue weighted by atomic mass is 16.6. The van der Waals surface area contributed by atoms with E-state index >= 15 is 0 Å². The van der Waals surface area contributed by atoms with E-state index in [2.05, 4.69) is 10.4 Å². The predicted molar refractivity (Wildman–Crippen MR) is 104 cm³/mol. The summed E-state index contributed by atoms with van der Waals surface area (Å²) in [7, 11) is 1.37. The number of aryl methyl sites for hydroxylation is 1. The summed E-state index contributed by atoms with van der Waals surface area (Å²) in [4.78, 5) is 24.4. The van der Waals surface area contributed by atoms with Crippen molar-refractivity contribution in [1.82, 2.24) is 15.1 Å². The Morgan fingerprint density at radius 1 is 1.29 bits per heavy atom. The monoisotopic (exact) mass is 385 g/mol. The summed E-state index contributed by atoms with van der Waals surface area (Å²) in [6, 6.07) is 7.15. The van der Waals surface area contributed by atoms with E-state index in [1.807, 2.05) is 43.8 Å². The topological polar surface area (TPSA) is 82.5 Å². The van der Waals surface area contributed by atoms with Gasteiger partial charge in [-0.25, -0.2) is 9.59 Å². The molecule has 1 aliphatic rings. The number of nitrogens with one attached hydrogen (secondary N) is 1. The zero-order chi connectivity index (χ0) is 20.3. The summed E-state index contributed by atoms with van der Waals surface area (Å²) in [5, 5.41) is 7.50. The van der Waals surface area contributed by atoms with Crippen LogP contribution in [0.2, 0.25) is 0 Å². The van der Waals surface area contributed by atoms with E-state index in [4.69, 9.17) is 9.47 Å². The van der Waals surface area contributed by atoms with Crippen molar-refractivity contribution in [2.24, 2.45) is 0 Å². The Labute approximate surface area is 165 Å². The van der Waals surface area contributed by atoms with Gasteiger partial charge in [-0.1, -0.05) is 18.2 Å². The maximum absolute atomic E-state index is 12.3. The minimum absolute atomic E-state index is 0.175. The van der Waals surface area contributed by atoms with Crippen molar-refractivity contribution in [1.29, 1.82) is 0 Å². The maximum Gasteiger partial charge on any atom is 0.408 e. The Kier molecular flexibility index (Phi) is 5.72. The van der Waals surface area contributed by atoms with Crippen LogP contribution in [-0.4, -0.2) is 34.6 Å². The van der Waals surface area contributed by atoms with Crippen LogP contribution in [0.15, 0.2) is 30.5 Å². The quantitative estimate of drug-likeness (QED) is 0.813. The highest BCUT2D eigenvalue weighted by Crippen LogP contribution is 2.30. The lowest BCUT2D eigenvalue weighted by Gasteiger charge is -2.27. The molecule has 0 radical (unpaired) electrons. The normalized spacial score (nSPS) is 16.2. The summed E-state index contributed by atoms with van der Waals surface area (Å²) in [6.45, 7) is 5.94. The van der Waals surface area contributed by atoms with Crippen LogP contribution in [-0.2, 0) is 22.4 Å². The van der Waals surface area contributed by atoms with Gasteiger partial charge in [-0.15, -0.1) is 0 Å². The molecule has 0 aliphatic heterocycles. The first kappa shape index (κ1) is 19.9. The molecule has 1 amide bonds. The van der Waals surface area contributed by atoms with Gasteiger partial charge >= 0.3 is 12.1 Å². The molecule has 1 N–H and O–H groups in total. The molecule has 0 fully saturated rings. The summed E-state index contributed by atoms with van der Waals surface area (Å²) in [6.07, 6.45) is 4.11. The molecule has 150 valence electrons. The number of rotatable bonds is 4. The van der Waals surface area contributed by atoms with Crippen molar-refractivity contribution >= 4 is 12.1 Å². The highest BCUT2D eigenvalue weighted by Gasteiger charge is 2.28. The number of alkyl carbamates (subject to hydrolysis) is 1. The molecule has 0 saturated heterocycles. The van der Waals surface area contributed by atoms with Gasteiger partial charge in [0, 0.05) is 0 Å². The van der Waals surface area contributed by atoms with Crippen LogP contribution in [0.25, 0.3) is 0 Å². The lowest BCUT2D eigenvalue weighted by molar-refractivity contribution is 0.0495. The fourth-order valence-electron chi connectivity index (χ4n) is 3.51. The van der Waals surface area contributed by atoms with Gasteiger partial charge in [0.25, 0.3) is 0 Å². The van der Waals surface area contributed by atoms with E-state index in [9.17, 15) is 9.59 Å². The molecule has 7 nitrogen and oxygen atoms in total. The Morgan fingerprint density at radius 2 is 2.04 bits per heavy atom. The van der Waals surface area contributed by atoms with Crippen molar-refractivity contribution in [3.63, 3.8) is 0 Å². The van der Waals surface area contributed by atoms with Gasteiger partial charge in [0.15, 0.2) is 0 Å². The van der Waals surface area contributed by atoms with Crippen LogP contribution in [0.4, 0.5) is 4.79 Å². The second-order valence-corrected chi connectivity index (χ2v) is 7.95. The SMILES string of the molecule is COC(=O)c1ccccc1Cn1ncc2c1[C@@H](NC(=O)OC(C)(C)C)CCC2. The second kappa shape index (κ2) is 8.04. The van der Waals surface area contributed by atoms with E-state index in [1.165, 1.54) is 7.11 Å². The number of fused-ring (bicyclic) bond motifs is 1. The zero-order valence-corrected chi connectivity index (χ0v) is 16.8. The number of aromatic nitrogens is 2. The van der Waals surface area contributed by atoms with Gasteiger partial charge in [0.2, 0.25) is 0 Å². The fourth-order valence-corrected chi connectivity index (χ4v) is 3.51. The Hall–Kier alpha value is -2.83. The first-order chi connectivity index (χ1) is 13.3. The molecule has 0 saturated carbocycles. The maximum atomic E-state index is 12.3. The first-order valence-electron chi connectivity index (χ1n) is 9.49. The predicted octanol–water partition coefficient (Wildman–Crippen LogP) is 3.62. The largest absolute Gasteiger partial charge is 0.465 e. The van der Waals surface area contributed by atoms with E-state index < -0.39 is 11.7 Å². The summed E-state index contributed by atoms with van der Waals surface area (Å²) in [5.41, 5.74) is 2.87. The van der Waals surface area contributed by atoms with Gasteiger partial charge in [-0.3, -0.25) is 4.68 Å². The number of methoxy groups -OCH3 is 1. The average molecular weight is 385 g/mol. The molecule has 1 heterocycles. The van der Waals surface area contributed by atoms with E-state index in [-0.39, 0.29) is 12.0 Å². The van der Waals surface area contributed by atoms with Crippen molar-refractivity contribution in [3.05, 3.63) is 52.8 Å². The summed E-state index contributed by atoms with van der Waals surface area (Å²) >= 11 is 0. The lowest BCUT2D eigenvalue weighted by Crippen LogP contribution is -2.37. The Bertz CT molecular complexity index is 867. The summed E-state index contributed by atoms with van der Waals surface area (Å²) in [5.74, 6) is -0.375. The lowest BCUT2D eigenvalue weighted by atomic mass is 9.93. The van der Waals surface area contributed by atoms with Crippen molar-refractivity contribution < 1.29 is 19.1 Å². The molecule has 0 spiro atoms. The molecular formula is C21H27N3O4. The van der Waals surface area contributed by atoms with Crippen molar-refractivity contribution in [3.8, 4) is 0 Å². The Balaban J connectivity index is 1.86. The molecule has 0 bridgehead atoms. The van der Waals surface area contributed by atoms with Crippen LogP contribution in [0.1, 0.15) is 66.8 Å². The fraction of sp³-hybridized carbons (Fsp3) is 0.476. The number of benzene rings is 1. The first-order valence-corrected chi connectivity index (χ1v) is 9.49. The molecule has 1 aromatic carbocycles. The standard InChI is InChI=1S/C21H27N3O4/c1-21(2,3)28-20(26)23-17-11-7-9-14-12-22-24(18(14)17)13-15-8-5-6-10-16(15)19(25)27-4/h5-6,8,10,12,17H,7,9,11,13H2,1-4H3,(H,23,26)/t17-/m0/s1. The molecule has 7 heteroatoms. The van der Waals surface area contributed by atoms with Crippen LogP contribution < -0.4 is 5.32 Å². The number of hydrogen-bond acceptors (Lipinski definition) is 5. The number of hydrogen-bond donors (Lipinski definition) is 1. The van der Waals surface area contributed by atoms with Gasteiger partial charge in [-0.05, 0) is 57.2 Å². The number of carbonyl (C=O) groups is 2. The third-order valence-electron chi connectivity index (χ3n) is 4.66. The van der Waals surface area contributed by atoms with Crippen LogP contribution in [0.3, 0.4) is 0 Å². The number of amides is 1. The van der Waals surface area contributed by atoms with E-state index in [0.29, 0.717) is 12.1 Å². The van der Waals surface area contributed by atoms with Crippen molar-refractivity contribution in [2.75, 3.05) is 7.11 Å². The zero-order valence-electron chi connectivity index (χ0n) is 16.8.